The van der Waals surface area contributed by atoms with Gasteiger partial charge in [-0.25, -0.2) is 9.78 Å². The molecule has 104 valence electrons. The minimum Gasteiger partial charge on any atom is -0.480 e. The number of aryl methyl sites for hydroxylation is 1. The maximum Gasteiger partial charge on any atom is 0.327 e. The third-order valence-corrected chi connectivity index (χ3v) is 5.36. The molecule has 19 heavy (non-hydrogen) atoms. The highest BCUT2D eigenvalue weighted by Crippen LogP contribution is 2.34. The van der Waals surface area contributed by atoms with Crippen LogP contribution in [0.1, 0.15) is 35.1 Å². The molecule has 5 nitrogen and oxygen atoms in total. The molecule has 0 radical (unpaired) electrons. The van der Waals surface area contributed by atoms with Crippen LogP contribution < -0.4 is 0 Å². The first-order valence-corrected chi connectivity index (χ1v) is 8.06. The van der Waals surface area contributed by atoms with Crippen LogP contribution in [0.15, 0.2) is 5.51 Å². The fourth-order valence-corrected chi connectivity index (χ4v) is 4.38. The zero-order valence-electron chi connectivity index (χ0n) is 10.8. The van der Waals surface area contributed by atoms with E-state index >= 15 is 0 Å². The van der Waals surface area contributed by atoms with E-state index in [1.54, 1.807) is 24.2 Å². The molecule has 2 heterocycles. The van der Waals surface area contributed by atoms with Gasteiger partial charge in [0.05, 0.1) is 16.6 Å². The van der Waals surface area contributed by atoms with Gasteiger partial charge in [0.15, 0.2) is 0 Å². The van der Waals surface area contributed by atoms with Crippen LogP contribution >= 0.6 is 23.1 Å². The van der Waals surface area contributed by atoms with Gasteiger partial charge in [-0.1, -0.05) is 13.3 Å². The minimum atomic E-state index is -0.929. The van der Waals surface area contributed by atoms with Gasteiger partial charge in [-0.15, -0.1) is 23.1 Å². The van der Waals surface area contributed by atoms with E-state index in [2.05, 4.69) is 4.98 Å². The van der Waals surface area contributed by atoms with Crippen molar-refractivity contribution >= 4 is 35.0 Å². The van der Waals surface area contributed by atoms with Crippen molar-refractivity contribution in [3.63, 3.8) is 0 Å². The van der Waals surface area contributed by atoms with E-state index in [1.807, 2.05) is 6.92 Å². The molecule has 1 amide bonds. The van der Waals surface area contributed by atoms with E-state index < -0.39 is 12.0 Å². The summed E-state index contributed by atoms with van der Waals surface area (Å²) in [5.74, 6) is -0.665. The predicted octanol–water partition coefficient (Wildman–Crippen LogP) is 2.22. The van der Waals surface area contributed by atoms with Gasteiger partial charge in [0.25, 0.3) is 5.91 Å². The molecular weight excluding hydrogens is 284 g/mol. The zero-order chi connectivity index (χ0) is 14.0. The number of carboxylic acid groups (broad SMARTS) is 1. The Balaban J connectivity index is 2.28. The van der Waals surface area contributed by atoms with Crippen molar-refractivity contribution in [2.24, 2.45) is 0 Å². The molecular formula is C12H16N2O3S2. The molecule has 0 aliphatic carbocycles. The first kappa shape index (κ1) is 14.3. The molecule has 1 saturated heterocycles. The summed E-state index contributed by atoms with van der Waals surface area (Å²) in [5, 5.41) is 9.22. The molecule has 1 aromatic rings. The Labute approximate surface area is 120 Å². The highest BCUT2D eigenvalue weighted by Gasteiger charge is 2.42. The Morgan fingerprint density at radius 2 is 2.32 bits per heavy atom. The van der Waals surface area contributed by atoms with Gasteiger partial charge in [-0.2, -0.15) is 0 Å². The molecule has 0 saturated carbocycles. The highest BCUT2D eigenvalue weighted by atomic mass is 32.2. The van der Waals surface area contributed by atoms with Crippen molar-refractivity contribution in [3.05, 3.63) is 16.1 Å². The lowest BCUT2D eigenvalue weighted by atomic mass is 10.2. The van der Waals surface area contributed by atoms with Gasteiger partial charge in [0.2, 0.25) is 0 Å². The largest absolute Gasteiger partial charge is 0.480 e. The normalized spacial score (nSPS) is 22.7. The van der Waals surface area contributed by atoms with E-state index in [0.717, 1.165) is 12.8 Å². The summed E-state index contributed by atoms with van der Waals surface area (Å²) in [7, 11) is 0. The first-order valence-electron chi connectivity index (χ1n) is 6.13. The van der Waals surface area contributed by atoms with Crippen molar-refractivity contribution in [2.75, 3.05) is 5.75 Å². The second kappa shape index (κ2) is 5.92. The van der Waals surface area contributed by atoms with Crippen LogP contribution in [0.4, 0.5) is 0 Å². The maximum absolute atomic E-state index is 12.5. The standard InChI is InChI=1S/C12H16N2O3S2/c1-3-4-9-14(8(5-18-9)12(16)17)11(15)10-7(2)13-6-19-10/h6,8-9H,3-5H2,1-2H3,(H,16,17). The average Bonchev–Trinajstić information content (AvgIpc) is 2.95. The number of aliphatic carboxylic acids is 1. The van der Waals surface area contributed by atoms with Crippen LogP contribution in [0.5, 0.6) is 0 Å². The third kappa shape index (κ3) is 2.76. The molecule has 0 bridgehead atoms. The number of hydrogen-bond donors (Lipinski definition) is 1. The lowest BCUT2D eigenvalue weighted by molar-refractivity contribution is -0.141. The SMILES string of the molecule is CCCC1SCC(C(=O)O)N1C(=O)c1scnc1C. The summed E-state index contributed by atoms with van der Waals surface area (Å²) in [6.45, 7) is 3.81. The van der Waals surface area contributed by atoms with E-state index in [0.29, 0.717) is 16.3 Å². The van der Waals surface area contributed by atoms with Crippen LogP contribution in [0.2, 0.25) is 0 Å². The topological polar surface area (TPSA) is 70.5 Å². The number of thioether (sulfide) groups is 1. The van der Waals surface area contributed by atoms with Crippen molar-refractivity contribution in [1.29, 1.82) is 0 Å². The van der Waals surface area contributed by atoms with Crippen LogP contribution in [0.25, 0.3) is 0 Å². The van der Waals surface area contributed by atoms with Gasteiger partial charge in [0, 0.05) is 5.75 Å². The smallest absolute Gasteiger partial charge is 0.327 e. The van der Waals surface area contributed by atoms with Gasteiger partial charge in [0.1, 0.15) is 10.9 Å². The molecule has 2 unspecified atom stereocenters. The first-order chi connectivity index (χ1) is 9.06. The lowest BCUT2D eigenvalue weighted by Gasteiger charge is -2.26. The van der Waals surface area contributed by atoms with E-state index in [1.165, 1.54) is 16.2 Å². The Kier molecular flexibility index (Phi) is 4.46. The molecule has 2 atom stereocenters. The summed E-state index contributed by atoms with van der Waals surface area (Å²) in [6, 6.07) is -0.726. The van der Waals surface area contributed by atoms with E-state index in [9.17, 15) is 14.7 Å². The van der Waals surface area contributed by atoms with Crippen LogP contribution in [0.3, 0.4) is 0 Å². The summed E-state index contributed by atoms with van der Waals surface area (Å²) in [5.41, 5.74) is 2.29. The molecule has 1 aliphatic heterocycles. The Bertz CT molecular complexity index is 489. The number of thiazole rings is 1. The molecule has 1 aliphatic rings. The number of carbonyl (C=O) groups is 2. The second-order valence-corrected chi connectivity index (χ2v) is 6.48. The minimum absolute atomic E-state index is 0.0416. The summed E-state index contributed by atoms with van der Waals surface area (Å²) in [4.78, 5) is 30.0. The van der Waals surface area contributed by atoms with Crippen LogP contribution in [0, 0.1) is 6.92 Å². The predicted molar refractivity (Wildman–Crippen MR) is 75.6 cm³/mol. The van der Waals surface area contributed by atoms with E-state index in [4.69, 9.17) is 0 Å². The van der Waals surface area contributed by atoms with Crippen molar-refractivity contribution in [2.45, 2.75) is 38.1 Å². The number of carbonyl (C=O) groups excluding carboxylic acids is 1. The van der Waals surface area contributed by atoms with Gasteiger partial charge >= 0.3 is 5.97 Å². The average molecular weight is 300 g/mol. The van der Waals surface area contributed by atoms with E-state index in [-0.39, 0.29) is 11.3 Å². The number of aromatic nitrogens is 1. The van der Waals surface area contributed by atoms with Gasteiger partial charge in [-0.05, 0) is 13.3 Å². The maximum atomic E-state index is 12.5. The van der Waals surface area contributed by atoms with Crippen LogP contribution in [-0.4, -0.2) is 44.0 Å². The van der Waals surface area contributed by atoms with Gasteiger partial charge < -0.3 is 10.0 Å². The Hall–Kier alpha value is -1.08. The number of carboxylic acids is 1. The molecule has 7 heteroatoms. The van der Waals surface area contributed by atoms with Crippen molar-refractivity contribution < 1.29 is 14.7 Å². The van der Waals surface area contributed by atoms with Crippen molar-refractivity contribution in [3.8, 4) is 0 Å². The van der Waals surface area contributed by atoms with Gasteiger partial charge in [-0.3, -0.25) is 4.79 Å². The number of rotatable bonds is 4. The molecule has 0 spiro atoms. The monoisotopic (exact) mass is 300 g/mol. The summed E-state index contributed by atoms with van der Waals surface area (Å²) in [6.07, 6.45) is 1.74. The quantitative estimate of drug-likeness (QED) is 0.923. The third-order valence-electron chi connectivity index (χ3n) is 3.09. The molecule has 1 aromatic heterocycles. The summed E-state index contributed by atoms with van der Waals surface area (Å²) >= 11 is 2.83. The second-order valence-electron chi connectivity index (χ2n) is 4.41. The number of amides is 1. The zero-order valence-corrected chi connectivity index (χ0v) is 12.5. The fourth-order valence-electron chi connectivity index (χ4n) is 2.12. The van der Waals surface area contributed by atoms with Crippen molar-refractivity contribution in [1.82, 2.24) is 9.88 Å². The number of hydrogen-bond acceptors (Lipinski definition) is 5. The molecule has 2 rings (SSSR count). The molecule has 0 aromatic carbocycles. The molecule has 1 fully saturated rings. The van der Waals surface area contributed by atoms with Crippen LogP contribution in [-0.2, 0) is 4.79 Å². The Morgan fingerprint density at radius 3 is 2.84 bits per heavy atom. The summed E-state index contributed by atoms with van der Waals surface area (Å²) < 4.78 is 0. The molecule has 1 N–H and O–H groups in total. The number of nitrogens with zero attached hydrogens (tertiary/aromatic N) is 2. The Morgan fingerprint density at radius 1 is 1.58 bits per heavy atom. The fraction of sp³-hybridized carbons (Fsp3) is 0.583. The lowest BCUT2D eigenvalue weighted by Crippen LogP contribution is -2.45. The highest BCUT2D eigenvalue weighted by molar-refractivity contribution is 8.00.